The molecule has 0 saturated carbocycles. The molecule has 1 heterocycles. The number of benzene rings is 1. The third kappa shape index (κ3) is 2.59. The number of rotatable bonds is 2. The van der Waals surface area contributed by atoms with E-state index in [1.54, 1.807) is 12.3 Å². The molecule has 2 N–H and O–H groups in total. The first-order valence-corrected chi connectivity index (χ1v) is 5.89. The Morgan fingerprint density at radius 3 is 2.56 bits per heavy atom. The topological polar surface area (TPSA) is 57.8 Å². The van der Waals surface area contributed by atoms with Crippen LogP contribution in [0.1, 0.15) is 36.7 Å². The van der Waals surface area contributed by atoms with E-state index in [-0.39, 0.29) is 11.3 Å². The fourth-order valence-corrected chi connectivity index (χ4v) is 1.85. The largest absolute Gasteiger partial charge is 0.307 e. The smallest absolute Gasteiger partial charge is 0.257 e. The van der Waals surface area contributed by atoms with Crippen molar-refractivity contribution in [3.05, 3.63) is 47.7 Å². The first kappa shape index (κ1) is 12.4. The third-order valence-corrected chi connectivity index (χ3v) is 2.73. The summed E-state index contributed by atoms with van der Waals surface area (Å²) in [7, 11) is 0. The summed E-state index contributed by atoms with van der Waals surface area (Å²) in [6, 6.07) is 9.37. The summed E-state index contributed by atoms with van der Waals surface area (Å²) < 4.78 is 0. The lowest BCUT2D eigenvalue weighted by atomic mass is 9.83. The minimum atomic E-state index is -0.121. The molecule has 0 unspecified atom stereocenters. The molecule has 0 aliphatic heterocycles. The van der Waals surface area contributed by atoms with Crippen molar-refractivity contribution in [1.29, 1.82) is 0 Å². The fourth-order valence-electron chi connectivity index (χ4n) is 1.85. The van der Waals surface area contributed by atoms with E-state index >= 15 is 0 Å². The van der Waals surface area contributed by atoms with Crippen LogP contribution in [-0.2, 0) is 5.41 Å². The quantitative estimate of drug-likeness (QED) is 0.852. The summed E-state index contributed by atoms with van der Waals surface area (Å²) in [4.78, 5) is 12.2. The number of carbonyl (C=O) groups excluding carboxylic acids is 1. The number of hydrogen-bond donors (Lipinski definition) is 2. The van der Waals surface area contributed by atoms with Gasteiger partial charge in [-0.2, -0.15) is 5.10 Å². The lowest BCUT2D eigenvalue weighted by Crippen LogP contribution is -2.21. The van der Waals surface area contributed by atoms with E-state index in [2.05, 4.69) is 36.3 Å². The van der Waals surface area contributed by atoms with Crippen molar-refractivity contribution in [2.45, 2.75) is 26.2 Å². The maximum Gasteiger partial charge on any atom is 0.257 e. The number of aromatic amines is 1. The highest BCUT2D eigenvalue weighted by Gasteiger charge is 2.21. The van der Waals surface area contributed by atoms with Crippen LogP contribution in [0.3, 0.4) is 0 Å². The van der Waals surface area contributed by atoms with E-state index in [0.29, 0.717) is 11.4 Å². The molecule has 0 radical (unpaired) electrons. The zero-order chi connectivity index (χ0) is 13.2. The summed E-state index contributed by atoms with van der Waals surface area (Å²) >= 11 is 0. The van der Waals surface area contributed by atoms with Gasteiger partial charge in [-0.25, -0.2) is 0 Å². The highest BCUT2D eigenvalue weighted by atomic mass is 16.1. The lowest BCUT2D eigenvalue weighted by Gasteiger charge is -2.22. The number of aromatic nitrogens is 2. The zero-order valence-electron chi connectivity index (χ0n) is 10.8. The average molecular weight is 243 g/mol. The van der Waals surface area contributed by atoms with Crippen molar-refractivity contribution in [3.8, 4) is 0 Å². The van der Waals surface area contributed by atoms with E-state index < -0.39 is 0 Å². The van der Waals surface area contributed by atoms with Crippen molar-refractivity contribution in [3.63, 3.8) is 0 Å². The molecule has 4 nitrogen and oxygen atoms in total. The van der Waals surface area contributed by atoms with Crippen LogP contribution in [0.15, 0.2) is 36.5 Å². The van der Waals surface area contributed by atoms with Crippen LogP contribution in [0, 0.1) is 0 Å². The molecule has 94 valence electrons. The van der Waals surface area contributed by atoms with Gasteiger partial charge in [0.15, 0.2) is 0 Å². The van der Waals surface area contributed by atoms with Gasteiger partial charge in [0.2, 0.25) is 0 Å². The normalized spacial score (nSPS) is 11.3. The van der Waals surface area contributed by atoms with Gasteiger partial charge in [0, 0.05) is 11.6 Å². The standard InChI is InChI=1S/C14H17N3O/c1-14(2,3)11-7-5-4-6-10(11)13(18)16-12-8-9-15-17-12/h4-9H,1-3H3,(H2,15,16,17,18). The summed E-state index contributed by atoms with van der Waals surface area (Å²) in [5.41, 5.74) is 1.66. The summed E-state index contributed by atoms with van der Waals surface area (Å²) in [6.07, 6.45) is 1.60. The molecule has 0 fully saturated rings. The zero-order valence-corrected chi connectivity index (χ0v) is 10.8. The highest BCUT2D eigenvalue weighted by molar-refractivity contribution is 6.05. The number of carbonyl (C=O) groups is 1. The van der Waals surface area contributed by atoms with Gasteiger partial charge in [-0.3, -0.25) is 9.89 Å². The minimum absolute atomic E-state index is 0.0675. The van der Waals surface area contributed by atoms with Crippen LogP contribution >= 0.6 is 0 Å². The van der Waals surface area contributed by atoms with Gasteiger partial charge in [-0.1, -0.05) is 39.0 Å². The molecule has 2 rings (SSSR count). The Labute approximate surface area is 106 Å². The van der Waals surface area contributed by atoms with Crippen LogP contribution in [0.25, 0.3) is 0 Å². The molecule has 1 aromatic carbocycles. The van der Waals surface area contributed by atoms with Gasteiger partial charge < -0.3 is 5.32 Å². The molecule has 0 bridgehead atoms. The Balaban J connectivity index is 2.31. The number of hydrogen-bond acceptors (Lipinski definition) is 2. The minimum Gasteiger partial charge on any atom is -0.307 e. The van der Waals surface area contributed by atoms with Gasteiger partial charge in [-0.15, -0.1) is 0 Å². The summed E-state index contributed by atoms with van der Waals surface area (Å²) in [5.74, 6) is 0.480. The second kappa shape index (κ2) is 4.64. The molecule has 0 spiro atoms. The van der Waals surface area contributed by atoms with Crippen LogP contribution < -0.4 is 5.32 Å². The fraction of sp³-hybridized carbons (Fsp3) is 0.286. The van der Waals surface area contributed by atoms with E-state index in [1.807, 2.05) is 24.3 Å². The number of H-pyrrole nitrogens is 1. The molecule has 2 aromatic rings. The molecule has 0 atom stereocenters. The van der Waals surface area contributed by atoms with E-state index in [4.69, 9.17) is 0 Å². The summed E-state index contributed by atoms with van der Waals surface area (Å²) in [5, 5.41) is 9.31. The number of nitrogens with zero attached hydrogens (tertiary/aromatic N) is 1. The predicted molar refractivity (Wildman–Crippen MR) is 71.7 cm³/mol. The molecule has 0 saturated heterocycles. The molecular weight excluding hydrogens is 226 g/mol. The Kier molecular flexibility index (Phi) is 3.19. The monoisotopic (exact) mass is 243 g/mol. The van der Waals surface area contributed by atoms with E-state index in [0.717, 1.165) is 5.56 Å². The van der Waals surface area contributed by atoms with Crippen LogP contribution in [0.5, 0.6) is 0 Å². The second-order valence-electron chi connectivity index (χ2n) is 5.22. The Morgan fingerprint density at radius 2 is 1.94 bits per heavy atom. The van der Waals surface area contributed by atoms with Gasteiger partial charge in [-0.05, 0) is 17.0 Å². The van der Waals surface area contributed by atoms with Gasteiger partial charge >= 0.3 is 0 Å². The van der Waals surface area contributed by atoms with Gasteiger partial charge in [0.1, 0.15) is 5.82 Å². The first-order valence-electron chi connectivity index (χ1n) is 5.89. The van der Waals surface area contributed by atoms with E-state index in [9.17, 15) is 4.79 Å². The van der Waals surface area contributed by atoms with Crippen molar-refractivity contribution in [2.75, 3.05) is 5.32 Å². The first-order chi connectivity index (χ1) is 8.48. The number of nitrogens with one attached hydrogen (secondary N) is 2. The van der Waals surface area contributed by atoms with Crippen LogP contribution in [0.4, 0.5) is 5.82 Å². The Morgan fingerprint density at radius 1 is 1.22 bits per heavy atom. The van der Waals surface area contributed by atoms with E-state index in [1.165, 1.54) is 0 Å². The molecular formula is C14H17N3O. The van der Waals surface area contributed by atoms with Crippen LogP contribution in [0.2, 0.25) is 0 Å². The van der Waals surface area contributed by atoms with Gasteiger partial charge in [0.25, 0.3) is 5.91 Å². The molecule has 1 amide bonds. The van der Waals surface area contributed by atoms with Crippen molar-refractivity contribution < 1.29 is 4.79 Å². The Hall–Kier alpha value is -2.10. The summed E-state index contributed by atoms with van der Waals surface area (Å²) in [6.45, 7) is 6.28. The Bertz CT molecular complexity index is 538. The van der Waals surface area contributed by atoms with Gasteiger partial charge in [0.05, 0.1) is 6.20 Å². The molecule has 18 heavy (non-hydrogen) atoms. The van der Waals surface area contributed by atoms with Crippen LogP contribution in [-0.4, -0.2) is 16.1 Å². The maximum atomic E-state index is 12.2. The molecule has 1 aromatic heterocycles. The van der Waals surface area contributed by atoms with Crippen molar-refractivity contribution >= 4 is 11.7 Å². The third-order valence-electron chi connectivity index (χ3n) is 2.73. The lowest BCUT2D eigenvalue weighted by molar-refractivity contribution is 0.102. The number of anilines is 1. The molecule has 0 aliphatic rings. The maximum absolute atomic E-state index is 12.2. The molecule has 4 heteroatoms. The predicted octanol–water partition coefficient (Wildman–Crippen LogP) is 2.96. The molecule has 0 aliphatic carbocycles. The number of amides is 1. The highest BCUT2D eigenvalue weighted by Crippen LogP contribution is 2.26. The van der Waals surface area contributed by atoms with Crippen molar-refractivity contribution in [2.24, 2.45) is 0 Å². The van der Waals surface area contributed by atoms with Crippen molar-refractivity contribution in [1.82, 2.24) is 10.2 Å². The second-order valence-corrected chi connectivity index (χ2v) is 5.22. The SMILES string of the molecule is CC(C)(C)c1ccccc1C(=O)Nc1ccn[nH]1. The average Bonchev–Trinajstić information content (AvgIpc) is 2.80.